The van der Waals surface area contributed by atoms with Crippen molar-refractivity contribution < 1.29 is 38.4 Å². The van der Waals surface area contributed by atoms with Gasteiger partial charge in [-0.05, 0) is 305 Å². The molecule has 4 amide bonds. The number of rotatable bonds is 29. The number of pyridine rings is 4. The number of carbonyl (C=O) groups is 8. The van der Waals surface area contributed by atoms with E-state index < -0.39 is 0 Å². The standard InChI is InChI=1S/C32H30N4O2.2C31H28N4O2.C30H26N4O2/c1-3-32(38)36-29-8-4-6-23-18-24(11-12-27(23)29)30(37)17-22-10-9-21(2)26(16-22)19-31-34-15-13-28(35-31)25-7-5-14-33-20-25;1-3-31(37)35-15-5-7-23-18-24(10-11-28(23)35)29(36)17-22-9-8-21(2)26(16-22)19-30-33-14-12-27(34-30)25-6-4-13-32-20-25;1-3-31(37)35-14-11-23-17-24(8-9-26(23)20-35)29(36)16-22-7-6-21(2)27(15-22)18-30-33-13-10-28(34-30)25-5-4-12-32-19-25;1-3-30(36)34-18-24-9-8-22(15-26(24)19-34)28(35)14-21-7-6-20(2)25(13-21)16-29-32-12-10-27(33-29)23-5-4-11-31-17-23/h3,5,7,9-16,18,20,29H,1,4,6,8,17,19H2,2H3,(H,36,38);3-4,6,8-14,16,18,20H,1,5,7,15,17,19H2,2H3;3-10,12-13,15,17,19H,1,11,14,16,18,20H2,2H3;3-13,15,17H,1,14,16,18-19H2,2H3. The van der Waals surface area contributed by atoms with Crippen LogP contribution < -0.4 is 10.2 Å². The van der Waals surface area contributed by atoms with Crippen LogP contribution in [0.5, 0.6) is 0 Å². The highest BCUT2D eigenvalue weighted by molar-refractivity contribution is 6.04. The Hall–Kier alpha value is -17.8. The molecule has 0 saturated carbocycles. The number of ketones is 4. The Balaban J connectivity index is 0.000000135. The van der Waals surface area contributed by atoms with Crippen LogP contribution in [0.3, 0.4) is 0 Å². The number of hydrogen-bond donors (Lipinski definition) is 1. The van der Waals surface area contributed by atoms with Crippen molar-refractivity contribution >= 4 is 52.4 Å². The van der Waals surface area contributed by atoms with Gasteiger partial charge in [0, 0.05) is 209 Å². The Morgan fingerprint density at radius 1 is 0.331 bits per heavy atom. The number of carbonyl (C=O) groups excluding carboxylic acids is 8. The zero-order chi connectivity index (χ0) is 103. The van der Waals surface area contributed by atoms with E-state index in [1.165, 1.54) is 24.3 Å². The minimum Gasteiger partial charge on any atom is -0.346 e. The summed E-state index contributed by atoms with van der Waals surface area (Å²) >= 11 is 0. The van der Waals surface area contributed by atoms with Crippen LogP contribution in [0.2, 0.25) is 0 Å². The largest absolute Gasteiger partial charge is 0.346 e. The number of benzene rings is 8. The summed E-state index contributed by atoms with van der Waals surface area (Å²) in [5, 5.41) is 3.00. The first-order valence-corrected chi connectivity index (χ1v) is 49.6. The van der Waals surface area contributed by atoms with Crippen molar-refractivity contribution in [2.75, 3.05) is 18.0 Å². The molecule has 1 unspecified atom stereocenters. The third-order valence-electron chi connectivity index (χ3n) is 27.2. The first-order valence-electron chi connectivity index (χ1n) is 49.6. The second kappa shape index (κ2) is 48.1. The number of Topliss-reactive ketones (excluding diaryl/α,β-unsaturated/α-hetero) is 4. The van der Waals surface area contributed by atoms with Crippen molar-refractivity contribution in [3.8, 4) is 45.0 Å². The molecule has 0 radical (unpaired) electrons. The third-order valence-corrected chi connectivity index (χ3v) is 27.2. The number of aromatic nitrogens is 12. The summed E-state index contributed by atoms with van der Waals surface area (Å²) in [7, 11) is 0. The molecular weight excluding hydrogens is 1840 g/mol. The molecule has 1 N–H and O–H groups in total. The van der Waals surface area contributed by atoms with E-state index in [4.69, 9.17) is 19.9 Å². The summed E-state index contributed by atoms with van der Waals surface area (Å²) in [5.41, 5.74) is 31.1. The van der Waals surface area contributed by atoms with Crippen molar-refractivity contribution in [1.29, 1.82) is 0 Å². The monoisotopic (exact) mass is 1950 g/mol. The van der Waals surface area contributed by atoms with Gasteiger partial charge in [0.25, 0.3) is 0 Å². The molecule has 736 valence electrons. The molecule has 1 atom stereocenters. The smallest absolute Gasteiger partial charge is 0.250 e. The maximum absolute atomic E-state index is 13.2. The molecule has 0 spiro atoms. The molecule has 1 aliphatic carbocycles. The number of aryl methyl sites for hydroxylation is 6. The lowest BCUT2D eigenvalue weighted by atomic mass is 9.85. The summed E-state index contributed by atoms with van der Waals surface area (Å²) in [4.78, 5) is 159. The maximum Gasteiger partial charge on any atom is 0.250 e. The van der Waals surface area contributed by atoms with Gasteiger partial charge in [0.05, 0.1) is 28.8 Å². The molecular formula is C124H112N16O8. The van der Waals surface area contributed by atoms with E-state index >= 15 is 0 Å². The lowest BCUT2D eigenvalue weighted by molar-refractivity contribution is -0.127. The van der Waals surface area contributed by atoms with Crippen molar-refractivity contribution in [1.82, 2.24) is 74.9 Å². The second-order valence-electron chi connectivity index (χ2n) is 37.3. The van der Waals surface area contributed by atoms with Crippen molar-refractivity contribution in [3.05, 3.63) is 495 Å². The minimum absolute atomic E-state index is 0.0352. The molecule has 24 heteroatoms. The Bertz CT molecular complexity index is 7730. The maximum atomic E-state index is 13.2. The van der Waals surface area contributed by atoms with Gasteiger partial charge in [-0.3, -0.25) is 58.3 Å². The average Bonchev–Trinajstić information content (AvgIpc) is 1.14. The molecule has 0 bridgehead atoms. The van der Waals surface area contributed by atoms with Gasteiger partial charge in [0.2, 0.25) is 23.6 Å². The highest BCUT2D eigenvalue weighted by atomic mass is 16.2. The van der Waals surface area contributed by atoms with Crippen LogP contribution in [0.1, 0.15) is 196 Å². The first-order chi connectivity index (χ1) is 72.0. The third kappa shape index (κ3) is 25.9. The highest BCUT2D eigenvalue weighted by Gasteiger charge is 2.29. The summed E-state index contributed by atoms with van der Waals surface area (Å²) in [5.74, 6) is 2.73. The molecule has 24 nitrogen and oxygen atoms in total. The van der Waals surface area contributed by atoms with Gasteiger partial charge in [-0.15, -0.1) is 0 Å². The van der Waals surface area contributed by atoms with Gasteiger partial charge in [-0.25, -0.2) is 39.9 Å². The van der Waals surface area contributed by atoms with Gasteiger partial charge in [-0.2, -0.15) is 0 Å². The topological polar surface area (TPSA) is 313 Å². The summed E-state index contributed by atoms with van der Waals surface area (Å²) < 4.78 is 0. The van der Waals surface area contributed by atoms with E-state index in [1.54, 1.807) is 89.1 Å². The number of hydrogen-bond acceptors (Lipinski definition) is 20. The number of fused-ring (bicyclic) bond motifs is 4. The van der Waals surface area contributed by atoms with Crippen LogP contribution in [0.4, 0.5) is 5.69 Å². The Morgan fingerprint density at radius 3 is 1.07 bits per heavy atom. The van der Waals surface area contributed by atoms with Crippen molar-refractivity contribution in [2.45, 2.75) is 143 Å². The second-order valence-corrected chi connectivity index (χ2v) is 37.3. The van der Waals surface area contributed by atoms with E-state index in [1.807, 2.05) is 176 Å². The lowest BCUT2D eigenvalue weighted by Gasteiger charge is -2.29. The average molecular weight is 1950 g/mol. The van der Waals surface area contributed by atoms with E-state index in [9.17, 15) is 38.4 Å². The van der Waals surface area contributed by atoms with Gasteiger partial charge >= 0.3 is 0 Å². The van der Waals surface area contributed by atoms with Gasteiger partial charge < -0.3 is 20.0 Å². The lowest BCUT2D eigenvalue weighted by Crippen LogP contribution is -2.34. The van der Waals surface area contributed by atoms with E-state index in [2.05, 4.69) is 142 Å². The Kier molecular flexibility index (Phi) is 33.0. The van der Waals surface area contributed by atoms with Crippen molar-refractivity contribution in [3.63, 3.8) is 0 Å². The number of nitrogens with one attached hydrogen (secondary N) is 1. The molecule has 3 aliphatic heterocycles. The van der Waals surface area contributed by atoms with E-state index in [-0.39, 0.29) is 52.8 Å². The number of amides is 4. The van der Waals surface area contributed by atoms with Crippen LogP contribution in [0, 0.1) is 27.7 Å². The van der Waals surface area contributed by atoms with Crippen LogP contribution in [-0.4, -0.2) is 129 Å². The molecule has 4 aliphatic rings. The molecule has 8 aromatic heterocycles. The van der Waals surface area contributed by atoms with E-state index in [0.29, 0.717) is 106 Å². The fourth-order valence-corrected chi connectivity index (χ4v) is 18.9. The summed E-state index contributed by atoms with van der Waals surface area (Å²) in [6.07, 6.45) is 35.3. The minimum atomic E-state index is -0.174. The predicted octanol–water partition coefficient (Wildman–Crippen LogP) is 20.7. The quantitative estimate of drug-likeness (QED) is 0.0336. The summed E-state index contributed by atoms with van der Waals surface area (Å²) in [6, 6.07) is 70.6. The molecule has 8 aromatic carbocycles. The van der Waals surface area contributed by atoms with Crippen LogP contribution in [0.25, 0.3) is 45.0 Å². The number of nitrogens with zero attached hydrogens (tertiary/aromatic N) is 15. The van der Waals surface area contributed by atoms with Gasteiger partial charge in [0.1, 0.15) is 23.3 Å². The van der Waals surface area contributed by atoms with E-state index in [0.717, 1.165) is 218 Å². The predicted molar refractivity (Wildman–Crippen MR) is 574 cm³/mol. The molecule has 148 heavy (non-hydrogen) atoms. The normalized spacial score (nSPS) is 13.0. The summed E-state index contributed by atoms with van der Waals surface area (Å²) in [6.45, 7) is 25.5. The Morgan fingerprint density at radius 2 is 0.682 bits per heavy atom. The molecule has 0 fully saturated rings. The highest BCUT2D eigenvalue weighted by Crippen LogP contribution is 2.35. The van der Waals surface area contributed by atoms with Crippen LogP contribution >= 0.6 is 0 Å². The number of anilines is 1. The zero-order valence-electron chi connectivity index (χ0n) is 83.3. The van der Waals surface area contributed by atoms with Crippen LogP contribution in [-0.2, 0) is 109 Å². The van der Waals surface area contributed by atoms with Crippen molar-refractivity contribution in [2.24, 2.45) is 0 Å². The van der Waals surface area contributed by atoms with Crippen LogP contribution in [0.15, 0.2) is 343 Å². The fourth-order valence-electron chi connectivity index (χ4n) is 18.9. The fraction of sp³-hybridized carbons (Fsp3) is 0.194. The zero-order valence-corrected chi connectivity index (χ0v) is 83.3. The van der Waals surface area contributed by atoms with Gasteiger partial charge in [0.15, 0.2) is 23.1 Å². The molecule has 16 aromatic rings. The molecule has 20 rings (SSSR count). The van der Waals surface area contributed by atoms with Gasteiger partial charge in [-0.1, -0.05) is 136 Å². The molecule has 11 heterocycles. The molecule has 0 saturated heterocycles. The Labute approximate surface area is 861 Å². The SMILES string of the molecule is C=CC(=O)N1CCCc2cc(C(=O)Cc3ccc(C)c(Cc4nccc(-c5cccnc5)n4)c3)ccc21.C=CC(=O)N1CCc2cc(C(=O)Cc3ccc(C)c(Cc4nccc(-c5cccnc5)n4)c3)ccc2C1.C=CC(=O)N1Cc2ccc(C(=O)Cc3ccc(C)c(Cc4nccc(-c5cccnc5)n4)c3)cc2C1.C=CC(=O)NC1CCCc2cc(C(=O)Cc3ccc(C)c(Cc4nccc(-c5cccnc5)n4)c3)ccc21. The first kappa shape index (κ1) is 102.